The summed E-state index contributed by atoms with van der Waals surface area (Å²) in [5.41, 5.74) is 0. The molecule has 0 fully saturated rings. The van der Waals surface area contributed by atoms with E-state index in [1.54, 1.807) is 0 Å². The second-order valence-corrected chi connectivity index (χ2v) is 17.5. The molecule has 0 heterocycles. The molecule has 0 saturated heterocycles. The number of carbonyl (C=O) groups excluding carboxylic acids is 1. The number of nitrogens with one attached hydrogen (secondary N) is 1. The average molecular weight is 1490 g/mol. The van der Waals surface area contributed by atoms with Crippen LogP contribution in [0, 0.1) is 11.8 Å². The summed E-state index contributed by atoms with van der Waals surface area (Å²) in [4.78, 5) is 14.8. The van der Waals surface area contributed by atoms with E-state index in [0.717, 1.165) is 32.5 Å². The van der Waals surface area contributed by atoms with E-state index in [0.29, 0.717) is 11.8 Å². The first-order valence-corrected chi connectivity index (χ1v) is 34.1. The molecule has 0 rings (SSSR count). The second kappa shape index (κ2) is 75.9. The Morgan fingerprint density at radius 1 is 0.463 bits per heavy atom. The van der Waals surface area contributed by atoms with Gasteiger partial charge in [-0.05, 0) is 31.1 Å². The number of carbonyl (C=O) groups is 1. The van der Waals surface area contributed by atoms with Crippen molar-refractivity contribution in [2.75, 3.05) is 19.6 Å². The molecule has 0 aliphatic rings. The fourth-order valence-corrected chi connectivity index (χ4v) is 3.18. The second-order valence-electron chi connectivity index (χ2n) is 8.84. The molecule has 0 aromatic carbocycles. The van der Waals surface area contributed by atoms with Crippen molar-refractivity contribution in [2.45, 2.75) is 98.8 Å². The first kappa shape index (κ1) is 91.7. The molecule has 13 N–H and O–H groups in total. The van der Waals surface area contributed by atoms with E-state index in [4.69, 9.17) is 58.7 Å². The number of urea groups is 1. The van der Waals surface area contributed by atoms with Gasteiger partial charge >= 0.3 is 191 Å². The summed E-state index contributed by atoms with van der Waals surface area (Å²) in [5.74, 6) is 1.29. The van der Waals surface area contributed by atoms with Crippen molar-refractivity contribution >= 4 is 132 Å². The van der Waals surface area contributed by atoms with Crippen LogP contribution in [0.25, 0.3) is 0 Å². The van der Waals surface area contributed by atoms with Gasteiger partial charge in [0.15, 0.2) is 0 Å². The van der Waals surface area contributed by atoms with Gasteiger partial charge in [-0.15, -0.1) is 0 Å². The van der Waals surface area contributed by atoms with Crippen molar-refractivity contribution in [1.82, 2.24) is 10.2 Å². The molecular weight excluding hydrogens is 1430 g/mol. The fraction of sp³-hybridized carbons (Fsp3) is 0.952. The minimum absolute atomic E-state index is 0. The van der Waals surface area contributed by atoms with E-state index >= 15 is 0 Å². The number of halogens is 6. The summed E-state index contributed by atoms with van der Waals surface area (Å²) >= 11 is -22.2. The molecule has 342 valence electrons. The number of unbranched alkanes of at least 4 members (excludes halogenated alkanes) is 3. The molecule has 0 aliphatic carbocycles. The topological polar surface area (TPSA) is 378 Å². The monoisotopic (exact) mass is 1490 g/mol. The van der Waals surface area contributed by atoms with Crippen molar-refractivity contribution in [3.05, 3.63) is 0 Å². The van der Waals surface area contributed by atoms with E-state index in [9.17, 15) is 4.79 Å². The number of hydrogen-bond donors (Lipinski definition) is 13. The number of amides is 2. The fourth-order valence-electron chi connectivity index (χ4n) is 3.18. The van der Waals surface area contributed by atoms with Gasteiger partial charge in [0.25, 0.3) is 0 Å². The van der Waals surface area contributed by atoms with Crippen molar-refractivity contribution in [3.63, 3.8) is 0 Å². The van der Waals surface area contributed by atoms with E-state index < -0.39 is 126 Å². The summed E-state index contributed by atoms with van der Waals surface area (Å²) < 4.78 is 140. The van der Waals surface area contributed by atoms with Crippen LogP contribution in [0.5, 0.6) is 0 Å². The third kappa shape index (κ3) is 158. The number of rotatable bonds is 15. The predicted octanol–water partition coefficient (Wildman–Crippen LogP) is -2.54. The Kier molecular flexibility index (Phi) is 129. The summed E-state index contributed by atoms with van der Waals surface area (Å²) in [7, 11) is 0. The van der Waals surface area contributed by atoms with E-state index in [1.807, 2.05) is 0 Å². The Morgan fingerprint density at radius 3 is 0.833 bits per heavy atom. The first-order chi connectivity index (χ1) is 22.0. The molecule has 0 bridgehead atoms. The molecule has 0 aliphatic heterocycles. The van der Waals surface area contributed by atoms with Crippen molar-refractivity contribution in [2.24, 2.45) is 11.8 Å². The molecule has 2 unspecified atom stereocenters. The maximum absolute atomic E-state index is 12.7. The van der Waals surface area contributed by atoms with Crippen LogP contribution < -0.4 is 5.32 Å². The summed E-state index contributed by atoms with van der Waals surface area (Å²) in [5, 5.41) is 3.14. The number of hydrogen-bond acceptors (Lipinski definition) is 7. The molecule has 2 amide bonds. The zero-order chi connectivity index (χ0) is 39.7. The molecule has 0 spiro atoms. The van der Waals surface area contributed by atoms with Gasteiger partial charge in [-0.3, -0.25) is 28.2 Å². The summed E-state index contributed by atoms with van der Waals surface area (Å²) in [6.07, 6.45) is 12.1. The maximum atomic E-state index is 12.7. The van der Waals surface area contributed by atoms with Gasteiger partial charge < -0.3 is 10.2 Å². The van der Waals surface area contributed by atoms with Crippen LogP contribution in [-0.2, 0) is 18.1 Å². The Labute approximate surface area is 360 Å². The van der Waals surface area contributed by atoms with Crippen molar-refractivity contribution in [1.29, 1.82) is 0 Å². The van der Waals surface area contributed by atoms with Crippen molar-refractivity contribution < 1.29 is 91.7 Å². The van der Waals surface area contributed by atoms with Crippen LogP contribution in [0.4, 0.5) is 33.0 Å². The Balaban J connectivity index is -0.0000000420. The molecule has 54 heavy (non-hydrogen) atoms. The van der Waals surface area contributed by atoms with E-state index in [2.05, 4.69) is 44.8 Å². The summed E-state index contributed by atoms with van der Waals surface area (Å²) in [6.45, 7) is 13.9. The molecule has 33 heteroatoms. The van der Waals surface area contributed by atoms with E-state index in [1.165, 1.54) is 51.4 Å². The molecule has 0 aromatic rings. The van der Waals surface area contributed by atoms with Crippen LogP contribution in [0.15, 0.2) is 0 Å². The van der Waals surface area contributed by atoms with Crippen LogP contribution in [0.1, 0.15) is 98.8 Å². The van der Waals surface area contributed by atoms with Gasteiger partial charge in [-0.2, -0.15) is 0 Å². The molecular formula is C21H62F6N2O19Sb6. The normalized spacial score (nSPS) is 8.91. The molecule has 21 nitrogen and oxygen atoms in total. The Morgan fingerprint density at radius 2 is 0.667 bits per heavy atom. The third-order valence-corrected chi connectivity index (χ3v) is 5.14. The number of nitrogens with zero attached hydrogens (tertiary/aromatic N) is 1. The SMILES string of the molecule is CCCCNC(=O)N(CC(CC)CCCC)CC(CC)CCCC.F.F.F.F.F.F.[O]=[Sb]([OH])[OH].[O]=[Sb]([OH])[OH].[O]=[Sb]([OH])[OH].[O]=[Sb]([OH])[OH].[O]=[Sb]([OH])[OH].[O]=[Sb]([OH])[OH]. The molecule has 0 saturated carbocycles. The van der Waals surface area contributed by atoms with Gasteiger partial charge in [-0.25, -0.2) is 4.79 Å². The molecule has 2 atom stereocenters. The molecule has 0 aromatic heterocycles. The van der Waals surface area contributed by atoms with Crippen LogP contribution in [0.3, 0.4) is 0 Å². The van der Waals surface area contributed by atoms with Gasteiger partial charge in [-0.1, -0.05) is 79.6 Å². The standard InChI is InChI=1S/C21H44N2O.6FH.12H2O.6O.6Sb/c1-6-11-14-19(9-4)17-23(21(24)22-16-13-8-3)18-20(10-5)15-12-7-2;;;;;;;;;;;;;;;;;;;;;;;;;;;;;;/h19-20H,6-18H2,1-5H3,(H,22,24);6*1H;12*1H2;;;;;;;;;;;;/q;;;;;;;;;;;;;;;;;;;;;;;;;6*+2/p-12. The zero-order valence-corrected chi connectivity index (χ0v) is 45.5. The quantitative estimate of drug-likeness (QED) is 0.0457. The van der Waals surface area contributed by atoms with Gasteiger partial charge in [0, 0.05) is 19.6 Å². The van der Waals surface area contributed by atoms with Gasteiger partial charge in [0.1, 0.15) is 0 Å². The average Bonchev–Trinajstić information content (AvgIpc) is 2.90. The third-order valence-electron chi connectivity index (χ3n) is 5.14. The van der Waals surface area contributed by atoms with Crippen LogP contribution in [0.2, 0.25) is 0 Å². The zero-order valence-electron chi connectivity index (χ0n) is 30.2. The molecule has 6 radical (unpaired) electrons. The van der Waals surface area contributed by atoms with Crippen LogP contribution >= 0.6 is 0 Å². The van der Waals surface area contributed by atoms with Gasteiger partial charge in [0.05, 0.1) is 0 Å². The predicted molar refractivity (Wildman–Crippen MR) is 187 cm³/mol. The first-order valence-electron chi connectivity index (χ1n) is 14.1. The van der Waals surface area contributed by atoms with Crippen LogP contribution in [-0.4, -0.2) is 197 Å². The Bertz CT molecular complexity index is 725. The van der Waals surface area contributed by atoms with Crippen molar-refractivity contribution in [3.8, 4) is 0 Å². The summed E-state index contributed by atoms with van der Waals surface area (Å²) in [6, 6.07) is 0.161. The Hall–Kier alpha value is 2.08. The minimum atomic E-state index is -3.70. The van der Waals surface area contributed by atoms with Gasteiger partial charge in [0.2, 0.25) is 0 Å². The van der Waals surface area contributed by atoms with E-state index in [-0.39, 0.29) is 34.3 Å².